The van der Waals surface area contributed by atoms with E-state index >= 15 is 0 Å². The molecule has 1 fully saturated rings. The zero-order valence-corrected chi connectivity index (χ0v) is 13.1. The SMILES string of the molecule is O=C(NCCNC1CCCCCC1)Nc1cccc(Cl)c1. The first-order chi connectivity index (χ1) is 10.2. The maximum absolute atomic E-state index is 11.7. The summed E-state index contributed by atoms with van der Waals surface area (Å²) in [5.41, 5.74) is 0.705. The second kappa shape index (κ2) is 8.90. The summed E-state index contributed by atoms with van der Waals surface area (Å²) in [6.45, 7) is 1.44. The second-order valence-electron chi connectivity index (χ2n) is 5.53. The predicted molar refractivity (Wildman–Crippen MR) is 88.0 cm³/mol. The number of urea groups is 1. The Morgan fingerprint density at radius 1 is 1.14 bits per heavy atom. The lowest BCUT2D eigenvalue weighted by Crippen LogP contribution is -2.38. The largest absolute Gasteiger partial charge is 0.337 e. The van der Waals surface area contributed by atoms with Gasteiger partial charge in [0.15, 0.2) is 0 Å². The molecule has 1 saturated carbocycles. The summed E-state index contributed by atoms with van der Waals surface area (Å²) >= 11 is 5.87. The number of nitrogens with one attached hydrogen (secondary N) is 3. The lowest BCUT2D eigenvalue weighted by molar-refractivity contribution is 0.252. The van der Waals surface area contributed by atoms with E-state index in [4.69, 9.17) is 11.6 Å². The first-order valence-corrected chi connectivity index (χ1v) is 8.15. The maximum atomic E-state index is 11.7. The van der Waals surface area contributed by atoms with Gasteiger partial charge in [-0.15, -0.1) is 0 Å². The van der Waals surface area contributed by atoms with Crippen LogP contribution in [0, 0.1) is 0 Å². The summed E-state index contributed by atoms with van der Waals surface area (Å²) in [5, 5.41) is 9.76. The molecule has 1 aliphatic rings. The Balaban J connectivity index is 1.60. The molecule has 0 heterocycles. The van der Waals surface area contributed by atoms with Crippen LogP contribution in [0.15, 0.2) is 24.3 Å². The number of benzene rings is 1. The third-order valence-corrected chi connectivity index (χ3v) is 4.02. The summed E-state index contributed by atoms with van der Waals surface area (Å²) < 4.78 is 0. The van der Waals surface area contributed by atoms with Crippen molar-refractivity contribution in [1.82, 2.24) is 10.6 Å². The van der Waals surface area contributed by atoms with Crippen LogP contribution >= 0.6 is 11.6 Å². The number of hydrogen-bond acceptors (Lipinski definition) is 2. The Kier molecular flexibility index (Phi) is 6.83. The number of halogens is 1. The van der Waals surface area contributed by atoms with Gasteiger partial charge in [-0.1, -0.05) is 43.4 Å². The highest BCUT2D eigenvalue weighted by molar-refractivity contribution is 6.30. The molecule has 3 N–H and O–H groups in total. The van der Waals surface area contributed by atoms with Crippen molar-refractivity contribution in [2.45, 2.75) is 44.6 Å². The van der Waals surface area contributed by atoms with E-state index in [2.05, 4.69) is 16.0 Å². The van der Waals surface area contributed by atoms with Crippen LogP contribution in [0.25, 0.3) is 0 Å². The van der Waals surface area contributed by atoms with Gasteiger partial charge in [0.2, 0.25) is 0 Å². The number of carbonyl (C=O) groups excluding carboxylic acids is 1. The van der Waals surface area contributed by atoms with Crippen LogP contribution in [0.1, 0.15) is 38.5 Å². The lowest BCUT2D eigenvalue weighted by atomic mass is 10.1. The van der Waals surface area contributed by atoms with E-state index < -0.39 is 0 Å². The summed E-state index contributed by atoms with van der Waals surface area (Å²) in [6.07, 6.45) is 7.88. The van der Waals surface area contributed by atoms with Crippen molar-refractivity contribution in [3.8, 4) is 0 Å². The van der Waals surface area contributed by atoms with Crippen molar-refractivity contribution in [2.75, 3.05) is 18.4 Å². The van der Waals surface area contributed by atoms with Crippen molar-refractivity contribution in [3.63, 3.8) is 0 Å². The normalized spacial score (nSPS) is 16.2. The van der Waals surface area contributed by atoms with Gasteiger partial charge >= 0.3 is 6.03 Å². The third kappa shape index (κ3) is 6.36. The molecule has 1 aromatic rings. The Bertz CT molecular complexity index is 445. The van der Waals surface area contributed by atoms with Crippen LogP contribution < -0.4 is 16.0 Å². The molecule has 0 radical (unpaired) electrons. The monoisotopic (exact) mass is 309 g/mol. The van der Waals surface area contributed by atoms with Crippen molar-refractivity contribution < 1.29 is 4.79 Å². The van der Waals surface area contributed by atoms with E-state index in [1.165, 1.54) is 38.5 Å². The fourth-order valence-electron chi connectivity index (χ4n) is 2.68. The molecule has 21 heavy (non-hydrogen) atoms. The Labute approximate surface area is 131 Å². The summed E-state index contributed by atoms with van der Waals surface area (Å²) in [5.74, 6) is 0. The molecule has 2 rings (SSSR count). The fraction of sp³-hybridized carbons (Fsp3) is 0.562. The van der Waals surface area contributed by atoms with E-state index in [1.807, 2.05) is 12.1 Å². The molecule has 0 atom stereocenters. The Morgan fingerprint density at radius 2 is 1.90 bits per heavy atom. The van der Waals surface area contributed by atoms with Gasteiger partial charge < -0.3 is 16.0 Å². The van der Waals surface area contributed by atoms with E-state index in [0.717, 1.165) is 6.54 Å². The average Bonchev–Trinajstić information content (AvgIpc) is 2.72. The molecule has 0 aliphatic heterocycles. The van der Waals surface area contributed by atoms with E-state index in [0.29, 0.717) is 23.3 Å². The van der Waals surface area contributed by atoms with Crippen LogP contribution in [0.5, 0.6) is 0 Å². The minimum absolute atomic E-state index is 0.195. The first kappa shape index (κ1) is 16.1. The third-order valence-electron chi connectivity index (χ3n) is 3.78. The van der Waals surface area contributed by atoms with Crippen molar-refractivity contribution in [1.29, 1.82) is 0 Å². The van der Waals surface area contributed by atoms with Crippen LogP contribution in [-0.2, 0) is 0 Å². The van der Waals surface area contributed by atoms with Crippen LogP contribution in [0.2, 0.25) is 5.02 Å². The van der Waals surface area contributed by atoms with Gasteiger partial charge in [0, 0.05) is 29.8 Å². The number of anilines is 1. The van der Waals surface area contributed by atoms with Crippen molar-refractivity contribution in [2.24, 2.45) is 0 Å². The Hall–Kier alpha value is -1.26. The zero-order chi connectivity index (χ0) is 14.9. The average molecular weight is 310 g/mol. The van der Waals surface area contributed by atoms with E-state index in [-0.39, 0.29) is 6.03 Å². The summed E-state index contributed by atoms with van der Waals surface area (Å²) in [7, 11) is 0. The quantitative estimate of drug-likeness (QED) is 0.573. The molecular weight excluding hydrogens is 286 g/mol. The zero-order valence-electron chi connectivity index (χ0n) is 12.3. The first-order valence-electron chi connectivity index (χ1n) is 7.78. The highest BCUT2D eigenvalue weighted by Crippen LogP contribution is 2.17. The summed E-state index contributed by atoms with van der Waals surface area (Å²) in [6, 6.07) is 7.55. The van der Waals surface area contributed by atoms with E-state index in [9.17, 15) is 4.79 Å². The number of hydrogen-bond donors (Lipinski definition) is 3. The standard InChI is InChI=1S/C16H24ClN3O/c17-13-6-5-9-15(12-13)20-16(21)19-11-10-18-14-7-3-1-2-4-8-14/h5-6,9,12,14,18H,1-4,7-8,10-11H2,(H2,19,20,21). The molecule has 0 unspecified atom stereocenters. The molecule has 1 aromatic carbocycles. The van der Waals surface area contributed by atoms with Crippen LogP contribution in [-0.4, -0.2) is 25.2 Å². The number of rotatable bonds is 5. The topological polar surface area (TPSA) is 53.2 Å². The molecule has 116 valence electrons. The number of carbonyl (C=O) groups is 1. The molecule has 5 heteroatoms. The molecule has 0 aromatic heterocycles. The molecule has 1 aliphatic carbocycles. The van der Waals surface area contributed by atoms with Crippen LogP contribution in [0.3, 0.4) is 0 Å². The van der Waals surface area contributed by atoms with E-state index in [1.54, 1.807) is 12.1 Å². The number of amides is 2. The fourth-order valence-corrected chi connectivity index (χ4v) is 2.87. The lowest BCUT2D eigenvalue weighted by Gasteiger charge is -2.16. The molecule has 4 nitrogen and oxygen atoms in total. The highest BCUT2D eigenvalue weighted by atomic mass is 35.5. The highest BCUT2D eigenvalue weighted by Gasteiger charge is 2.11. The molecule has 2 amide bonds. The van der Waals surface area contributed by atoms with Gasteiger partial charge in [-0.3, -0.25) is 0 Å². The van der Waals surface area contributed by atoms with Gasteiger partial charge in [-0.25, -0.2) is 4.79 Å². The summed E-state index contributed by atoms with van der Waals surface area (Å²) in [4.78, 5) is 11.7. The molecular formula is C16H24ClN3O. The van der Waals surface area contributed by atoms with Crippen molar-refractivity contribution in [3.05, 3.63) is 29.3 Å². The van der Waals surface area contributed by atoms with Gasteiger partial charge in [-0.05, 0) is 31.0 Å². The van der Waals surface area contributed by atoms with Gasteiger partial charge in [0.1, 0.15) is 0 Å². The van der Waals surface area contributed by atoms with Crippen molar-refractivity contribution >= 4 is 23.3 Å². The van der Waals surface area contributed by atoms with Gasteiger partial charge in [0.05, 0.1) is 0 Å². The molecule has 0 saturated heterocycles. The smallest absolute Gasteiger partial charge is 0.319 e. The van der Waals surface area contributed by atoms with Crippen LogP contribution in [0.4, 0.5) is 10.5 Å². The predicted octanol–water partition coefficient (Wildman–Crippen LogP) is 3.77. The van der Waals surface area contributed by atoms with Gasteiger partial charge in [-0.2, -0.15) is 0 Å². The molecule has 0 spiro atoms. The Morgan fingerprint density at radius 3 is 2.62 bits per heavy atom. The molecule has 0 bridgehead atoms. The minimum atomic E-state index is -0.195. The van der Waals surface area contributed by atoms with Gasteiger partial charge in [0.25, 0.3) is 0 Å². The second-order valence-corrected chi connectivity index (χ2v) is 5.97. The minimum Gasteiger partial charge on any atom is -0.337 e. The maximum Gasteiger partial charge on any atom is 0.319 e.